The van der Waals surface area contributed by atoms with Crippen molar-refractivity contribution in [2.24, 2.45) is 0 Å². The molecular formula is C16H23N9O4. The van der Waals surface area contributed by atoms with E-state index in [1.54, 1.807) is 21.8 Å². The monoisotopic (exact) mass is 405 g/mol. The summed E-state index contributed by atoms with van der Waals surface area (Å²) in [6.07, 6.45) is 1.34. The van der Waals surface area contributed by atoms with Gasteiger partial charge in [-0.3, -0.25) is 20.1 Å². The molecule has 1 aliphatic rings. The minimum atomic E-state index is -0.627. The van der Waals surface area contributed by atoms with Gasteiger partial charge in [0, 0.05) is 32.4 Å². The molecule has 4 N–H and O–H groups in total. The summed E-state index contributed by atoms with van der Waals surface area (Å²) < 4.78 is 6.99. The number of amides is 4. The maximum atomic E-state index is 12.1. The Bertz CT molecular complexity index is 908. The van der Waals surface area contributed by atoms with Crippen molar-refractivity contribution in [3.63, 3.8) is 0 Å². The topological polar surface area (TPSA) is 159 Å². The van der Waals surface area contributed by atoms with Gasteiger partial charge in [-0.2, -0.15) is 10.3 Å². The molecule has 0 saturated carbocycles. The van der Waals surface area contributed by atoms with Gasteiger partial charge in [-0.25, -0.2) is 9.59 Å². The Kier molecular flexibility index (Phi) is 5.39. The summed E-state index contributed by atoms with van der Waals surface area (Å²) in [6.45, 7) is 6.38. The lowest BCUT2D eigenvalue weighted by atomic mass is 10.1. The fourth-order valence-electron chi connectivity index (χ4n) is 2.56. The highest BCUT2D eigenvalue weighted by atomic mass is 16.6. The average molecular weight is 405 g/mol. The second-order valence-corrected chi connectivity index (χ2v) is 7.40. The van der Waals surface area contributed by atoms with Gasteiger partial charge < -0.3 is 15.0 Å². The van der Waals surface area contributed by atoms with Crippen LogP contribution >= 0.6 is 0 Å². The molecule has 0 bridgehead atoms. The number of likely N-dealkylation sites (tertiary alicyclic amines) is 1. The van der Waals surface area contributed by atoms with E-state index in [4.69, 9.17) is 4.74 Å². The van der Waals surface area contributed by atoms with Crippen molar-refractivity contribution in [3.05, 3.63) is 18.0 Å². The zero-order chi connectivity index (χ0) is 21.2. The number of ether oxygens (including phenoxy) is 1. The van der Waals surface area contributed by atoms with Crippen LogP contribution in [0.4, 0.5) is 21.2 Å². The van der Waals surface area contributed by atoms with Crippen LogP contribution in [0.25, 0.3) is 0 Å². The number of nitrogens with one attached hydrogen (secondary N) is 4. The number of aromatic amines is 1. The van der Waals surface area contributed by atoms with Crippen LogP contribution in [0, 0.1) is 0 Å². The standard InChI is InChI=1S/C16H23N9O4/c1-16(2,3)29-15(28)24-7-9(8-24)25-6-5-10(22-25)18-14(27)19-12-11(13(26)17-4)20-23-21-12/h5-6,9H,7-8H2,1-4H3,(H,17,26)(H3,18,19,20,21,22,23,27). The number of hydrogen-bond donors (Lipinski definition) is 4. The molecule has 0 radical (unpaired) electrons. The average Bonchev–Trinajstić information content (AvgIpc) is 3.21. The number of carbonyl (C=O) groups excluding carboxylic acids is 3. The van der Waals surface area contributed by atoms with E-state index in [-0.39, 0.29) is 23.6 Å². The largest absolute Gasteiger partial charge is 0.444 e. The maximum absolute atomic E-state index is 12.1. The number of nitrogens with zero attached hydrogens (tertiary/aromatic N) is 5. The highest BCUT2D eigenvalue weighted by Crippen LogP contribution is 2.24. The van der Waals surface area contributed by atoms with Crippen LogP contribution in [0.15, 0.2) is 12.3 Å². The fraction of sp³-hybridized carbons (Fsp3) is 0.500. The van der Waals surface area contributed by atoms with Crippen molar-refractivity contribution in [2.45, 2.75) is 32.4 Å². The molecule has 3 rings (SSSR count). The number of rotatable bonds is 4. The van der Waals surface area contributed by atoms with Crippen LogP contribution in [0.5, 0.6) is 0 Å². The van der Waals surface area contributed by atoms with E-state index in [0.717, 1.165) is 0 Å². The van der Waals surface area contributed by atoms with Gasteiger partial charge in [0.05, 0.1) is 6.04 Å². The summed E-state index contributed by atoms with van der Waals surface area (Å²) in [5.74, 6) is -0.186. The molecule has 29 heavy (non-hydrogen) atoms. The number of urea groups is 1. The van der Waals surface area contributed by atoms with Gasteiger partial charge >= 0.3 is 12.1 Å². The third kappa shape index (κ3) is 4.80. The molecule has 3 heterocycles. The minimum Gasteiger partial charge on any atom is -0.444 e. The van der Waals surface area contributed by atoms with Gasteiger partial charge in [0.2, 0.25) is 0 Å². The third-order valence-corrected chi connectivity index (χ3v) is 3.96. The lowest BCUT2D eigenvalue weighted by molar-refractivity contribution is -0.000354. The van der Waals surface area contributed by atoms with E-state index < -0.39 is 17.5 Å². The van der Waals surface area contributed by atoms with Crippen LogP contribution in [0.3, 0.4) is 0 Å². The summed E-state index contributed by atoms with van der Waals surface area (Å²) in [5.41, 5.74) is -0.579. The van der Waals surface area contributed by atoms with Crippen LogP contribution in [-0.2, 0) is 4.74 Å². The van der Waals surface area contributed by atoms with Crippen molar-refractivity contribution in [1.29, 1.82) is 0 Å². The molecule has 1 aliphatic heterocycles. The maximum Gasteiger partial charge on any atom is 0.410 e. The summed E-state index contributed by atoms with van der Waals surface area (Å²) in [7, 11) is 1.44. The zero-order valence-electron chi connectivity index (χ0n) is 16.5. The fourth-order valence-corrected chi connectivity index (χ4v) is 2.56. The molecule has 156 valence electrons. The van der Waals surface area contributed by atoms with Gasteiger partial charge in [-0.1, -0.05) is 0 Å². The van der Waals surface area contributed by atoms with Gasteiger partial charge in [0.25, 0.3) is 5.91 Å². The predicted octanol–water partition coefficient (Wildman–Crippen LogP) is 0.797. The summed E-state index contributed by atoms with van der Waals surface area (Å²) in [6, 6.07) is 0.993. The first kappa shape index (κ1) is 20.1. The number of carbonyl (C=O) groups is 3. The Morgan fingerprint density at radius 1 is 1.21 bits per heavy atom. The summed E-state index contributed by atoms with van der Waals surface area (Å²) in [5, 5.41) is 21.4. The molecule has 13 heteroatoms. The molecule has 0 spiro atoms. The van der Waals surface area contributed by atoms with Crippen LogP contribution in [0.1, 0.15) is 37.3 Å². The molecule has 13 nitrogen and oxygen atoms in total. The molecule has 0 unspecified atom stereocenters. The first-order valence-electron chi connectivity index (χ1n) is 8.90. The van der Waals surface area contributed by atoms with Gasteiger partial charge in [0.1, 0.15) is 5.60 Å². The second-order valence-electron chi connectivity index (χ2n) is 7.40. The quantitative estimate of drug-likeness (QED) is 0.585. The summed E-state index contributed by atoms with van der Waals surface area (Å²) >= 11 is 0. The normalized spacial score (nSPS) is 14.1. The van der Waals surface area contributed by atoms with Crippen LogP contribution in [-0.4, -0.2) is 73.9 Å². The van der Waals surface area contributed by atoms with Crippen molar-refractivity contribution in [3.8, 4) is 0 Å². The zero-order valence-corrected chi connectivity index (χ0v) is 16.5. The molecule has 2 aromatic rings. The van der Waals surface area contributed by atoms with Crippen LogP contribution in [0.2, 0.25) is 0 Å². The van der Waals surface area contributed by atoms with Gasteiger partial charge in [0.15, 0.2) is 17.3 Å². The first-order valence-corrected chi connectivity index (χ1v) is 8.90. The number of H-pyrrole nitrogens is 1. The SMILES string of the molecule is CNC(=O)c1n[nH]nc1NC(=O)Nc1ccn(C2CN(C(=O)OC(C)(C)C)C2)n1. The van der Waals surface area contributed by atoms with Crippen molar-refractivity contribution in [2.75, 3.05) is 30.8 Å². The Hall–Kier alpha value is -3.64. The Morgan fingerprint density at radius 3 is 2.59 bits per heavy atom. The third-order valence-electron chi connectivity index (χ3n) is 3.96. The smallest absolute Gasteiger partial charge is 0.410 e. The summed E-state index contributed by atoms with van der Waals surface area (Å²) in [4.78, 5) is 37.3. The molecule has 2 aromatic heterocycles. The number of hydrogen-bond acceptors (Lipinski definition) is 7. The highest BCUT2D eigenvalue weighted by Gasteiger charge is 2.35. The molecular weight excluding hydrogens is 382 g/mol. The Labute approximate surface area is 166 Å². The predicted molar refractivity (Wildman–Crippen MR) is 101 cm³/mol. The Morgan fingerprint density at radius 2 is 1.93 bits per heavy atom. The van der Waals surface area contributed by atoms with Crippen molar-refractivity contribution < 1.29 is 19.1 Å². The van der Waals surface area contributed by atoms with Gasteiger partial charge in [-0.05, 0) is 20.8 Å². The Balaban J connectivity index is 1.51. The minimum absolute atomic E-state index is 0.00322. The van der Waals surface area contributed by atoms with E-state index >= 15 is 0 Å². The van der Waals surface area contributed by atoms with E-state index in [0.29, 0.717) is 18.9 Å². The van der Waals surface area contributed by atoms with E-state index in [9.17, 15) is 14.4 Å². The number of anilines is 2. The van der Waals surface area contributed by atoms with Crippen molar-refractivity contribution in [1.82, 2.24) is 35.4 Å². The number of aromatic nitrogens is 5. The molecule has 1 saturated heterocycles. The van der Waals surface area contributed by atoms with E-state index in [1.165, 1.54) is 7.05 Å². The van der Waals surface area contributed by atoms with Gasteiger partial charge in [-0.15, -0.1) is 10.2 Å². The highest BCUT2D eigenvalue weighted by molar-refractivity contribution is 6.04. The van der Waals surface area contributed by atoms with E-state index in [2.05, 4.69) is 36.5 Å². The molecule has 1 fully saturated rings. The van der Waals surface area contributed by atoms with E-state index in [1.807, 2.05) is 20.8 Å². The van der Waals surface area contributed by atoms with Crippen LogP contribution < -0.4 is 16.0 Å². The molecule has 0 atom stereocenters. The lowest BCUT2D eigenvalue weighted by Crippen LogP contribution is -2.52. The molecule has 0 aliphatic carbocycles. The molecule has 4 amide bonds. The second kappa shape index (κ2) is 7.77. The molecule has 0 aromatic carbocycles. The lowest BCUT2D eigenvalue weighted by Gasteiger charge is -2.39. The van der Waals surface area contributed by atoms with Crippen molar-refractivity contribution >= 4 is 29.7 Å². The first-order chi connectivity index (χ1) is 13.7.